The van der Waals surface area contributed by atoms with Crippen LogP contribution in [0, 0.1) is 6.92 Å². The molecule has 14 heavy (non-hydrogen) atoms. The van der Waals surface area contributed by atoms with Gasteiger partial charge in [0, 0.05) is 17.3 Å². The van der Waals surface area contributed by atoms with Crippen molar-refractivity contribution < 1.29 is 10.2 Å². The largest absolute Gasteiger partial charge is 0.394 e. The van der Waals surface area contributed by atoms with Crippen molar-refractivity contribution in [3.05, 3.63) is 28.8 Å². The third-order valence-electron chi connectivity index (χ3n) is 1.94. The summed E-state index contributed by atoms with van der Waals surface area (Å²) < 4.78 is 0. The Labute approximate surface area is 88.3 Å². The van der Waals surface area contributed by atoms with Crippen LogP contribution in [0.3, 0.4) is 0 Å². The predicted molar refractivity (Wildman–Crippen MR) is 57.8 cm³/mol. The first-order valence-electron chi connectivity index (χ1n) is 4.42. The van der Waals surface area contributed by atoms with Crippen LogP contribution in [0.25, 0.3) is 0 Å². The number of aliphatic hydroxyl groups is 2. The summed E-state index contributed by atoms with van der Waals surface area (Å²) in [5.74, 6) is 0. The van der Waals surface area contributed by atoms with Crippen LogP contribution in [-0.4, -0.2) is 29.5 Å². The molecule has 1 aromatic rings. The van der Waals surface area contributed by atoms with E-state index < -0.39 is 6.10 Å². The molecule has 0 saturated heterocycles. The van der Waals surface area contributed by atoms with E-state index in [1.54, 1.807) is 6.07 Å². The van der Waals surface area contributed by atoms with E-state index in [4.69, 9.17) is 21.8 Å². The summed E-state index contributed by atoms with van der Waals surface area (Å²) in [6, 6.07) is 5.50. The fourth-order valence-corrected chi connectivity index (χ4v) is 1.25. The van der Waals surface area contributed by atoms with Gasteiger partial charge in [-0.1, -0.05) is 17.7 Å². The smallest absolute Gasteiger partial charge is 0.0942 e. The van der Waals surface area contributed by atoms with Crippen molar-refractivity contribution in [2.24, 2.45) is 0 Å². The third-order valence-corrected chi connectivity index (χ3v) is 2.17. The van der Waals surface area contributed by atoms with Crippen molar-refractivity contribution in [2.75, 3.05) is 18.5 Å². The van der Waals surface area contributed by atoms with Gasteiger partial charge in [0.2, 0.25) is 0 Å². The first kappa shape index (κ1) is 11.3. The number of hydrogen-bond acceptors (Lipinski definition) is 3. The molecule has 0 bridgehead atoms. The molecule has 1 aromatic carbocycles. The fraction of sp³-hybridized carbons (Fsp3) is 0.400. The first-order valence-corrected chi connectivity index (χ1v) is 4.80. The molecular weight excluding hydrogens is 202 g/mol. The number of benzene rings is 1. The van der Waals surface area contributed by atoms with Gasteiger partial charge in [-0.15, -0.1) is 0 Å². The lowest BCUT2D eigenvalue weighted by molar-refractivity contribution is 0.105. The van der Waals surface area contributed by atoms with Crippen molar-refractivity contribution in [1.29, 1.82) is 0 Å². The number of halogens is 1. The molecule has 4 heteroatoms. The average Bonchev–Trinajstić information content (AvgIpc) is 2.19. The summed E-state index contributed by atoms with van der Waals surface area (Å²) in [6.07, 6.45) is -0.742. The van der Waals surface area contributed by atoms with E-state index in [1.165, 1.54) is 0 Å². The predicted octanol–water partition coefficient (Wildman–Crippen LogP) is 1.41. The highest BCUT2D eigenvalue weighted by molar-refractivity contribution is 6.30. The van der Waals surface area contributed by atoms with Crippen molar-refractivity contribution in [1.82, 2.24) is 0 Å². The average molecular weight is 216 g/mol. The van der Waals surface area contributed by atoms with E-state index in [1.807, 2.05) is 19.1 Å². The lowest BCUT2D eigenvalue weighted by Crippen LogP contribution is -2.23. The molecule has 1 rings (SSSR count). The first-order chi connectivity index (χ1) is 6.63. The highest BCUT2D eigenvalue weighted by Gasteiger charge is 2.03. The molecular formula is C10H14ClNO2. The molecule has 3 nitrogen and oxygen atoms in total. The van der Waals surface area contributed by atoms with E-state index >= 15 is 0 Å². The topological polar surface area (TPSA) is 52.5 Å². The quantitative estimate of drug-likeness (QED) is 0.712. The molecule has 0 aromatic heterocycles. The second-order valence-electron chi connectivity index (χ2n) is 3.18. The highest BCUT2D eigenvalue weighted by atomic mass is 35.5. The van der Waals surface area contributed by atoms with Crippen molar-refractivity contribution in [2.45, 2.75) is 13.0 Å². The maximum atomic E-state index is 9.13. The van der Waals surface area contributed by atoms with Crippen molar-refractivity contribution in [3.63, 3.8) is 0 Å². The van der Waals surface area contributed by atoms with Crippen molar-refractivity contribution in [3.8, 4) is 0 Å². The monoisotopic (exact) mass is 215 g/mol. The van der Waals surface area contributed by atoms with Crippen LogP contribution >= 0.6 is 11.6 Å². The minimum absolute atomic E-state index is 0.243. The molecule has 1 unspecified atom stereocenters. The number of nitrogens with one attached hydrogen (secondary N) is 1. The second-order valence-corrected chi connectivity index (χ2v) is 3.61. The van der Waals surface area contributed by atoms with Gasteiger partial charge in [0.1, 0.15) is 0 Å². The Morgan fingerprint density at radius 2 is 2.21 bits per heavy atom. The van der Waals surface area contributed by atoms with E-state index in [0.717, 1.165) is 11.3 Å². The summed E-state index contributed by atoms with van der Waals surface area (Å²) >= 11 is 5.81. The number of aryl methyl sites for hydroxylation is 1. The standard InChI is InChI=1S/C10H14ClNO2/c1-7-2-3-8(11)4-10(7)12-5-9(14)6-13/h2-4,9,12-14H,5-6H2,1H3. The Morgan fingerprint density at radius 1 is 1.50 bits per heavy atom. The maximum Gasteiger partial charge on any atom is 0.0942 e. The maximum absolute atomic E-state index is 9.13. The summed E-state index contributed by atoms with van der Waals surface area (Å²) in [7, 11) is 0. The minimum atomic E-state index is -0.742. The molecule has 0 aliphatic heterocycles. The van der Waals surface area contributed by atoms with Crippen LogP contribution in [-0.2, 0) is 0 Å². The Balaban J connectivity index is 2.62. The van der Waals surface area contributed by atoms with Gasteiger partial charge in [0.25, 0.3) is 0 Å². The van der Waals surface area contributed by atoms with Crippen LogP contribution in [0.1, 0.15) is 5.56 Å². The lowest BCUT2D eigenvalue weighted by atomic mass is 10.2. The van der Waals surface area contributed by atoms with E-state index in [-0.39, 0.29) is 6.61 Å². The molecule has 0 aliphatic rings. The van der Waals surface area contributed by atoms with Crippen LogP contribution in [0.2, 0.25) is 5.02 Å². The zero-order valence-corrected chi connectivity index (χ0v) is 8.75. The molecule has 0 fully saturated rings. The second kappa shape index (κ2) is 5.20. The molecule has 0 amide bonds. The Bertz CT molecular complexity index is 304. The van der Waals surface area contributed by atoms with E-state index in [2.05, 4.69) is 5.32 Å². The van der Waals surface area contributed by atoms with Gasteiger partial charge >= 0.3 is 0 Å². The van der Waals surface area contributed by atoms with Gasteiger partial charge in [0.05, 0.1) is 12.7 Å². The SMILES string of the molecule is Cc1ccc(Cl)cc1NCC(O)CO. The highest BCUT2D eigenvalue weighted by Crippen LogP contribution is 2.19. The number of hydrogen-bond donors (Lipinski definition) is 3. The Kier molecular flexibility index (Phi) is 4.20. The van der Waals surface area contributed by atoms with Crippen LogP contribution in [0.15, 0.2) is 18.2 Å². The zero-order chi connectivity index (χ0) is 10.6. The molecule has 3 N–H and O–H groups in total. The van der Waals surface area contributed by atoms with Gasteiger partial charge in [-0.05, 0) is 24.6 Å². The van der Waals surface area contributed by atoms with Crippen LogP contribution in [0.5, 0.6) is 0 Å². The Hall–Kier alpha value is -0.770. The van der Waals surface area contributed by atoms with Crippen molar-refractivity contribution >= 4 is 17.3 Å². The fourth-order valence-electron chi connectivity index (χ4n) is 1.08. The zero-order valence-electron chi connectivity index (χ0n) is 8.00. The number of anilines is 1. The van der Waals surface area contributed by atoms with Gasteiger partial charge in [-0.2, -0.15) is 0 Å². The molecule has 0 saturated carbocycles. The summed E-state index contributed by atoms with van der Waals surface area (Å²) in [5.41, 5.74) is 1.93. The number of rotatable bonds is 4. The van der Waals surface area contributed by atoms with Gasteiger partial charge in [-0.3, -0.25) is 0 Å². The Morgan fingerprint density at radius 3 is 2.86 bits per heavy atom. The molecule has 0 heterocycles. The summed E-state index contributed by atoms with van der Waals surface area (Å²) in [4.78, 5) is 0. The van der Waals surface area contributed by atoms with Crippen LogP contribution < -0.4 is 5.32 Å². The lowest BCUT2D eigenvalue weighted by Gasteiger charge is -2.12. The van der Waals surface area contributed by atoms with E-state index in [0.29, 0.717) is 11.6 Å². The summed E-state index contributed by atoms with van der Waals surface area (Å²) in [6.45, 7) is 2.02. The molecule has 0 radical (unpaired) electrons. The van der Waals surface area contributed by atoms with Gasteiger partial charge < -0.3 is 15.5 Å². The normalized spacial score (nSPS) is 12.6. The third kappa shape index (κ3) is 3.18. The molecule has 1 atom stereocenters. The minimum Gasteiger partial charge on any atom is -0.394 e. The van der Waals surface area contributed by atoms with E-state index in [9.17, 15) is 0 Å². The van der Waals surface area contributed by atoms with Gasteiger partial charge in [-0.25, -0.2) is 0 Å². The molecule has 0 aliphatic carbocycles. The summed E-state index contributed by atoms with van der Waals surface area (Å²) in [5, 5.41) is 21.4. The van der Waals surface area contributed by atoms with Gasteiger partial charge in [0.15, 0.2) is 0 Å². The molecule has 78 valence electrons. The van der Waals surface area contributed by atoms with Crippen LogP contribution in [0.4, 0.5) is 5.69 Å². The number of aliphatic hydroxyl groups excluding tert-OH is 2. The molecule has 0 spiro atoms.